The van der Waals surface area contributed by atoms with E-state index in [-0.39, 0.29) is 23.6 Å². The highest BCUT2D eigenvalue weighted by Crippen LogP contribution is 2.37. The Hall–Kier alpha value is -3.02. The number of ether oxygens (including phenoxy) is 1. The van der Waals surface area contributed by atoms with Gasteiger partial charge >= 0.3 is 5.97 Å². The fourth-order valence-electron chi connectivity index (χ4n) is 3.35. The van der Waals surface area contributed by atoms with Crippen molar-refractivity contribution in [2.75, 3.05) is 6.61 Å². The van der Waals surface area contributed by atoms with Crippen LogP contribution in [0.5, 0.6) is 0 Å². The smallest absolute Gasteiger partial charge is 0.343 e. The van der Waals surface area contributed by atoms with E-state index in [9.17, 15) is 9.59 Å². The van der Waals surface area contributed by atoms with Gasteiger partial charge in [-0.15, -0.1) is 0 Å². The second-order valence-electron chi connectivity index (χ2n) is 6.94. The largest absolute Gasteiger partial charge is 0.462 e. The number of hydrogen-bond donors (Lipinski definition) is 0. The summed E-state index contributed by atoms with van der Waals surface area (Å²) >= 11 is 0. The fourth-order valence-corrected chi connectivity index (χ4v) is 3.35. The van der Waals surface area contributed by atoms with Crippen molar-refractivity contribution >= 4 is 17.0 Å². The lowest BCUT2D eigenvalue weighted by Gasteiger charge is -2.13. The summed E-state index contributed by atoms with van der Waals surface area (Å²) in [6.07, 6.45) is 3.64. The van der Waals surface area contributed by atoms with Gasteiger partial charge in [0.25, 0.3) is 0 Å². The number of esters is 1. The molecule has 6 nitrogen and oxygen atoms in total. The second kappa shape index (κ2) is 6.61. The summed E-state index contributed by atoms with van der Waals surface area (Å²) in [6.45, 7) is 5.86. The first kappa shape index (κ1) is 17.4. The molecule has 4 rings (SSSR count). The van der Waals surface area contributed by atoms with Crippen molar-refractivity contribution in [2.24, 2.45) is 0 Å². The molecule has 3 aromatic rings. The van der Waals surface area contributed by atoms with Crippen LogP contribution in [-0.2, 0) is 4.74 Å². The maximum Gasteiger partial charge on any atom is 0.343 e. The molecule has 27 heavy (non-hydrogen) atoms. The molecule has 0 aliphatic heterocycles. The van der Waals surface area contributed by atoms with Gasteiger partial charge in [0, 0.05) is 29.2 Å². The molecule has 6 heteroatoms. The SMILES string of the molecule is CCOC(=O)c1cn(C2CC2)c2nc(-c3cc(C)nc(C)c3)ccc2c1=O. The van der Waals surface area contributed by atoms with E-state index in [4.69, 9.17) is 9.72 Å². The Morgan fingerprint density at radius 1 is 1.19 bits per heavy atom. The van der Waals surface area contributed by atoms with Crippen LogP contribution in [-0.4, -0.2) is 27.1 Å². The predicted molar refractivity (Wildman–Crippen MR) is 103 cm³/mol. The molecule has 0 spiro atoms. The fraction of sp³-hybridized carbons (Fsp3) is 0.333. The maximum absolute atomic E-state index is 12.8. The number of aromatic nitrogens is 3. The molecule has 1 aliphatic rings. The lowest BCUT2D eigenvalue weighted by atomic mass is 10.1. The van der Waals surface area contributed by atoms with E-state index in [1.54, 1.807) is 19.2 Å². The molecule has 0 bridgehead atoms. The summed E-state index contributed by atoms with van der Waals surface area (Å²) in [7, 11) is 0. The molecule has 0 radical (unpaired) electrons. The number of rotatable bonds is 4. The van der Waals surface area contributed by atoms with E-state index in [1.807, 2.05) is 36.6 Å². The first-order valence-corrected chi connectivity index (χ1v) is 9.16. The summed E-state index contributed by atoms with van der Waals surface area (Å²) in [5.74, 6) is -0.580. The van der Waals surface area contributed by atoms with Gasteiger partial charge in [0.1, 0.15) is 11.2 Å². The number of carbonyl (C=O) groups excluding carboxylic acids is 1. The van der Waals surface area contributed by atoms with Gasteiger partial charge in [-0.3, -0.25) is 9.78 Å². The molecule has 0 unspecified atom stereocenters. The Balaban J connectivity index is 1.93. The third-order valence-electron chi connectivity index (χ3n) is 4.69. The topological polar surface area (TPSA) is 74.1 Å². The molecular weight excluding hydrogens is 342 g/mol. The minimum atomic E-state index is -0.580. The van der Waals surface area contributed by atoms with E-state index < -0.39 is 5.97 Å². The minimum Gasteiger partial charge on any atom is -0.462 e. The molecule has 0 atom stereocenters. The third kappa shape index (κ3) is 3.23. The number of aryl methyl sites for hydroxylation is 2. The van der Waals surface area contributed by atoms with Gasteiger partial charge in [0.05, 0.1) is 17.7 Å². The van der Waals surface area contributed by atoms with Crippen LogP contribution in [0.1, 0.15) is 47.6 Å². The summed E-state index contributed by atoms with van der Waals surface area (Å²) in [6, 6.07) is 7.81. The number of hydrogen-bond acceptors (Lipinski definition) is 5. The van der Waals surface area contributed by atoms with E-state index in [1.165, 1.54) is 0 Å². The first-order chi connectivity index (χ1) is 13.0. The zero-order chi connectivity index (χ0) is 19.1. The molecule has 0 saturated heterocycles. The molecule has 1 saturated carbocycles. The average Bonchev–Trinajstić information content (AvgIpc) is 3.46. The van der Waals surface area contributed by atoms with Gasteiger partial charge in [-0.2, -0.15) is 0 Å². The maximum atomic E-state index is 12.8. The van der Waals surface area contributed by atoms with E-state index in [2.05, 4.69) is 4.98 Å². The third-order valence-corrected chi connectivity index (χ3v) is 4.69. The zero-order valence-corrected chi connectivity index (χ0v) is 15.7. The number of fused-ring (bicyclic) bond motifs is 1. The Morgan fingerprint density at radius 3 is 2.52 bits per heavy atom. The van der Waals surface area contributed by atoms with E-state index in [0.29, 0.717) is 11.0 Å². The molecule has 3 heterocycles. The Morgan fingerprint density at radius 2 is 1.89 bits per heavy atom. The van der Waals surface area contributed by atoms with Gasteiger partial charge in [-0.1, -0.05) is 0 Å². The summed E-state index contributed by atoms with van der Waals surface area (Å²) < 4.78 is 7.00. The molecule has 138 valence electrons. The van der Waals surface area contributed by atoms with Gasteiger partial charge in [0.2, 0.25) is 5.43 Å². The monoisotopic (exact) mass is 363 g/mol. The second-order valence-corrected chi connectivity index (χ2v) is 6.94. The van der Waals surface area contributed by atoms with Crippen LogP contribution in [0.25, 0.3) is 22.3 Å². The van der Waals surface area contributed by atoms with Crippen LogP contribution in [0.15, 0.2) is 35.3 Å². The zero-order valence-electron chi connectivity index (χ0n) is 15.7. The van der Waals surface area contributed by atoms with Crippen molar-refractivity contribution in [3.63, 3.8) is 0 Å². The standard InChI is InChI=1S/C21H21N3O3/c1-4-27-21(26)17-11-24(15-5-6-15)20-16(19(17)25)7-8-18(23-20)14-9-12(2)22-13(3)10-14/h7-11,15H,4-6H2,1-3H3. The summed E-state index contributed by atoms with van der Waals surface area (Å²) in [4.78, 5) is 34.2. The van der Waals surface area contributed by atoms with Crippen LogP contribution >= 0.6 is 0 Å². The normalized spacial score (nSPS) is 13.7. The van der Waals surface area contributed by atoms with Gasteiger partial charge < -0.3 is 9.30 Å². The lowest BCUT2D eigenvalue weighted by Crippen LogP contribution is -2.21. The summed E-state index contributed by atoms with van der Waals surface area (Å²) in [5, 5.41) is 0.443. The highest BCUT2D eigenvalue weighted by atomic mass is 16.5. The minimum absolute atomic E-state index is 0.0707. The van der Waals surface area contributed by atoms with Gasteiger partial charge in [0.15, 0.2) is 0 Å². The number of pyridine rings is 3. The Labute approximate surface area is 156 Å². The van der Waals surface area contributed by atoms with Gasteiger partial charge in [-0.05, 0) is 57.9 Å². The molecule has 0 N–H and O–H groups in total. The van der Waals surface area contributed by atoms with Crippen LogP contribution in [0.3, 0.4) is 0 Å². The molecule has 0 aromatic carbocycles. The van der Waals surface area contributed by atoms with Crippen molar-refractivity contribution in [3.8, 4) is 11.3 Å². The van der Waals surface area contributed by atoms with E-state index in [0.717, 1.165) is 35.5 Å². The molecule has 1 fully saturated rings. The molecule has 3 aromatic heterocycles. The molecule has 0 amide bonds. The van der Waals surface area contributed by atoms with Crippen molar-refractivity contribution in [1.29, 1.82) is 0 Å². The van der Waals surface area contributed by atoms with Crippen molar-refractivity contribution in [2.45, 2.75) is 39.7 Å². The molecular formula is C21H21N3O3. The number of carbonyl (C=O) groups is 1. The van der Waals surface area contributed by atoms with Crippen molar-refractivity contribution < 1.29 is 9.53 Å². The number of nitrogens with zero attached hydrogens (tertiary/aromatic N) is 3. The van der Waals surface area contributed by atoms with Crippen LogP contribution in [0.2, 0.25) is 0 Å². The average molecular weight is 363 g/mol. The Bertz CT molecular complexity index is 1090. The van der Waals surface area contributed by atoms with Gasteiger partial charge in [-0.25, -0.2) is 9.78 Å². The summed E-state index contributed by atoms with van der Waals surface area (Å²) in [5.41, 5.74) is 3.94. The highest BCUT2D eigenvalue weighted by molar-refractivity contribution is 5.93. The molecule has 1 aliphatic carbocycles. The van der Waals surface area contributed by atoms with Crippen LogP contribution in [0.4, 0.5) is 0 Å². The van der Waals surface area contributed by atoms with Crippen LogP contribution in [0, 0.1) is 13.8 Å². The van der Waals surface area contributed by atoms with Crippen molar-refractivity contribution in [1.82, 2.24) is 14.5 Å². The Kier molecular flexibility index (Phi) is 4.26. The lowest BCUT2D eigenvalue weighted by molar-refractivity contribution is 0.0524. The quantitative estimate of drug-likeness (QED) is 0.662. The van der Waals surface area contributed by atoms with E-state index >= 15 is 0 Å². The highest BCUT2D eigenvalue weighted by Gasteiger charge is 2.28. The van der Waals surface area contributed by atoms with Crippen molar-refractivity contribution in [3.05, 3.63) is 57.6 Å². The predicted octanol–water partition coefficient (Wildman–Crippen LogP) is 3.59. The first-order valence-electron chi connectivity index (χ1n) is 9.16. The van der Waals surface area contributed by atoms with Crippen LogP contribution < -0.4 is 5.43 Å².